The number of amidine groups is 1. The van der Waals surface area contributed by atoms with Crippen molar-refractivity contribution in [2.75, 3.05) is 32.8 Å². The van der Waals surface area contributed by atoms with Gasteiger partial charge in [-0.15, -0.1) is 11.3 Å². The largest absolute Gasteiger partial charge is 0.370 e. The van der Waals surface area contributed by atoms with Crippen molar-refractivity contribution in [3.8, 4) is 0 Å². The molecule has 0 aliphatic carbocycles. The van der Waals surface area contributed by atoms with E-state index in [0.29, 0.717) is 6.61 Å². The Morgan fingerprint density at radius 2 is 2.19 bits per heavy atom. The number of aliphatic imine (C=N–C) groups is 1. The highest BCUT2D eigenvalue weighted by Gasteiger charge is 2.50. The summed E-state index contributed by atoms with van der Waals surface area (Å²) in [5.41, 5.74) is 2.31. The third kappa shape index (κ3) is 4.71. The van der Waals surface area contributed by atoms with Crippen LogP contribution in [0.1, 0.15) is 49.7 Å². The SMILES string of the molecule is CCOC(C1=NCCN1)[C@]1(CCc2cccs2)CCN(C(C)(C)c2ccc(C)nc2)C1. The molecule has 31 heavy (non-hydrogen) atoms. The standard InChI is InChI=1S/C25H36N4OS/c1-5-30-22(23-26-13-14-27-23)25(11-10-21-7-6-16-31-21)12-15-29(18-25)24(3,4)20-9-8-19(2)28-17-20/h6-9,16-17,22H,5,10-15,18H2,1-4H3,(H,26,27)/t22?,25-/m1/s1. The summed E-state index contributed by atoms with van der Waals surface area (Å²) in [6.45, 7) is 13.3. The molecule has 0 radical (unpaired) electrons. The van der Waals surface area contributed by atoms with Gasteiger partial charge in [-0.05, 0) is 76.6 Å². The van der Waals surface area contributed by atoms with E-state index in [4.69, 9.17) is 9.73 Å². The van der Waals surface area contributed by atoms with Crippen molar-refractivity contribution in [3.05, 3.63) is 52.0 Å². The minimum absolute atomic E-state index is 0.0249. The number of aryl methyl sites for hydroxylation is 2. The molecule has 0 spiro atoms. The van der Waals surface area contributed by atoms with E-state index in [-0.39, 0.29) is 17.1 Å². The Bertz CT molecular complexity index is 877. The highest BCUT2D eigenvalue weighted by atomic mass is 32.1. The van der Waals surface area contributed by atoms with Crippen LogP contribution in [0.2, 0.25) is 0 Å². The molecule has 2 atom stereocenters. The van der Waals surface area contributed by atoms with Crippen molar-refractivity contribution < 1.29 is 4.74 Å². The van der Waals surface area contributed by atoms with Crippen LogP contribution in [0.15, 0.2) is 40.8 Å². The summed E-state index contributed by atoms with van der Waals surface area (Å²) in [6.07, 6.45) is 5.39. The normalized spacial score (nSPS) is 23.0. The second-order valence-electron chi connectivity index (χ2n) is 9.39. The first-order valence-corrected chi connectivity index (χ1v) is 12.4. The summed E-state index contributed by atoms with van der Waals surface area (Å²) >= 11 is 1.86. The number of nitrogens with one attached hydrogen (secondary N) is 1. The predicted molar refractivity (Wildman–Crippen MR) is 129 cm³/mol. The van der Waals surface area contributed by atoms with Gasteiger partial charge in [0.2, 0.25) is 0 Å². The number of thiophene rings is 1. The van der Waals surface area contributed by atoms with Gasteiger partial charge in [0.15, 0.2) is 0 Å². The van der Waals surface area contributed by atoms with Crippen LogP contribution in [-0.4, -0.2) is 54.6 Å². The Balaban J connectivity index is 1.62. The molecule has 0 saturated carbocycles. The summed E-state index contributed by atoms with van der Waals surface area (Å²) in [7, 11) is 0. The zero-order valence-electron chi connectivity index (χ0n) is 19.4. The number of rotatable bonds is 9. The fraction of sp³-hybridized carbons (Fsp3) is 0.600. The summed E-state index contributed by atoms with van der Waals surface area (Å²) in [5, 5.41) is 5.71. The molecule has 4 heterocycles. The zero-order chi connectivity index (χ0) is 21.9. The Kier molecular flexibility index (Phi) is 6.80. The van der Waals surface area contributed by atoms with Crippen LogP contribution in [0.4, 0.5) is 0 Å². The molecule has 1 fully saturated rings. The van der Waals surface area contributed by atoms with Gasteiger partial charge in [0.25, 0.3) is 0 Å². The quantitative estimate of drug-likeness (QED) is 0.627. The molecule has 0 amide bonds. The average molecular weight is 441 g/mol. The minimum Gasteiger partial charge on any atom is -0.370 e. The summed E-state index contributed by atoms with van der Waals surface area (Å²) < 4.78 is 6.44. The Morgan fingerprint density at radius 1 is 1.32 bits per heavy atom. The molecule has 4 rings (SSSR count). The van der Waals surface area contributed by atoms with Crippen LogP contribution >= 0.6 is 11.3 Å². The molecule has 0 aromatic carbocycles. The lowest BCUT2D eigenvalue weighted by Gasteiger charge is -2.41. The van der Waals surface area contributed by atoms with Crippen molar-refractivity contribution >= 4 is 17.2 Å². The topological polar surface area (TPSA) is 49.8 Å². The van der Waals surface area contributed by atoms with Gasteiger partial charge in [0.1, 0.15) is 11.9 Å². The molecular formula is C25H36N4OS. The van der Waals surface area contributed by atoms with Crippen LogP contribution in [-0.2, 0) is 16.7 Å². The maximum atomic E-state index is 6.44. The van der Waals surface area contributed by atoms with Gasteiger partial charge in [-0.2, -0.15) is 0 Å². The van der Waals surface area contributed by atoms with E-state index in [1.54, 1.807) is 0 Å². The molecule has 0 bridgehead atoms. The van der Waals surface area contributed by atoms with Gasteiger partial charge in [-0.1, -0.05) is 12.1 Å². The number of pyridine rings is 1. The van der Waals surface area contributed by atoms with Crippen LogP contribution in [0.5, 0.6) is 0 Å². The molecule has 2 aromatic heterocycles. The predicted octanol–water partition coefficient (Wildman–Crippen LogP) is 4.42. The highest BCUT2D eigenvalue weighted by Crippen LogP contribution is 2.45. The number of hydrogen-bond donors (Lipinski definition) is 1. The van der Waals surface area contributed by atoms with Crippen LogP contribution in [0.25, 0.3) is 0 Å². The molecular weight excluding hydrogens is 404 g/mol. The van der Waals surface area contributed by atoms with E-state index in [9.17, 15) is 0 Å². The lowest BCUT2D eigenvalue weighted by molar-refractivity contribution is -0.000620. The van der Waals surface area contributed by atoms with E-state index >= 15 is 0 Å². The zero-order valence-corrected chi connectivity index (χ0v) is 20.2. The molecule has 1 saturated heterocycles. The Hall–Kier alpha value is -1.76. The lowest BCUT2D eigenvalue weighted by atomic mass is 9.76. The monoisotopic (exact) mass is 440 g/mol. The third-order valence-electron chi connectivity index (χ3n) is 7.08. The fourth-order valence-corrected chi connectivity index (χ4v) is 5.77. The number of hydrogen-bond acceptors (Lipinski definition) is 6. The first kappa shape index (κ1) is 22.4. The molecule has 2 aromatic rings. The molecule has 2 aliphatic rings. The van der Waals surface area contributed by atoms with Crippen LogP contribution in [0, 0.1) is 12.3 Å². The van der Waals surface area contributed by atoms with Gasteiger partial charge >= 0.3 is 0 Å². The molecule has 168 valence electrons. The minimum atomic E-state index is -0.0763. The fourth-order valence-electron chi connectivity index (χ4n) is 5.07. The van der Waals surface area contributed by atoms with Gasteiger partial charge in [0.05, 0.1) is 6.54 Å². The van der Waals surface area contributed by atoms with Gasteiger partial charge in [0, 0.05) is 47.4 Å². The number of ether oxygens (including phenoxy) is 1. The Labute approximate surface area is 190 Å². The van der Waals surface area contributed by atoms with Crippen molar-refractivity contribution in [1.82, 2.24) is 15.2 Å². The summed E-state index contributed by atoms with van der Waals surface area (Å²) in [6, 6.07) is 8.77. The highest BCUT2D eigenvalue weighted by molar-refractivity contribution is 7.09. The van der Waals surface area contributed by atoms with E-state index in [1.807, 2.05) is 24.5 Å². The Morgan fingerprint density at radius 3 is 2.84 bits per heavy atom. The van der Waals surface area contributed by atoms with Crippen LogP contribution < -0.4 is 5.32 Å². The molecule has 6 heteroatoms. The second kappa shape index (κ2) is 9.39. The third-order valence-corrected chi connectivity index (χ3v) is 8.02. The first-order valence-electron chi connectivity index (χ1n) is 11.5. The smallest absolute Gasteiger partial charge is 0.127 e. The molecule has 1 unspecified atom stereocenters. The molecule has 1 N–H and O–H groups in total. The number of nitrogens with zero attached hydrogens (tertiary/aromatic N) is 3. The van der Waals surface area contributed by atoms with E-state index < -0.39 is 0 Å². The molecule has 2 aliphatic heterocycles. The van der Waals surface area contributed by atoms with Crippen molar-refractivity contribution in [2.45, 2.75) is 58.6 Å². The molecule has 5 nitrogen and oxygen atoms in total. The lowest BCUT2D eigenvalue weighted by Crippen LogP contribution is -2.50. The van der Waals surface area contributed by atoms with Crippen LogP contribution in [0.3, 0.4) is 0 Å². The number of likely N-dealkylation sites (tertiary alicyclic amines) is 1. The first-order chi connectivity index (χ1) is 14.9. The van der Waals surface area contributed by atoms with E-state index in [0.717, 1.165) is 57.0 Å². The maximum Gasteiger partial charge on any atom is 0.127 e. The van der Waals surface area contributed by atoms with E-state index in [1.165, 1.54) is 10.4 Å². The average Bonchev–Trinajstić information content (AvgIpc) is 3.53. The van der Waals surface area contributed by atoms with Crippen molar-refractivity contribution in [1.29, 1.82) is 0 Å². The second-order valence-corrected chi connectivity index (χ2v) is 10.4. The maximum absolute atomic E-state index is 6.44. The number of aromatic nitrogens is 1. The van der Waals surface area contributed by atoms with Gasteiger partial charge < -0.3 is 10.1 Å². The van der Waals surface area contributed by atoms with Crippen molar-refractivity contribution in [3.63, 3.8) is 0 Å². The van der Waals surface area contributed by atoms with Gasteiger partial charge in [-0.3, -0.25) is 14.9 Å². The van der Waals surface area contributed by atoms with Crippen molar-refractivity contribution in [2.24, 2.45) is 10.4 Å². The summed E-state index contributed by atoms with van der Waals surface area (Å²) in [4.78, 5) is 13.5. The van der Waals surface area contributed by atoms with Gasteiger partial charge in [-0.25, -0.2) is 0 Å². The van der Waals surface area contributed by atoms with E-state index in [2.05, 4.69) is 65.6 Å². The summed E-state index contributed by atoms with van der Waals surface area (Å²) in [5.74, 6) is 1.06.